The van der Waals surface area contributed by atoms with Gasteiger partial charge in [0.25, 0.3) is 10.0 Å². The summed E-state index contributed by atoms with van der Waals surface area (Å²) in [5.74, 6) is 0. The summed E-state index contributed by atoms with van der Waals surface area (Å²) in [4.78, 5) is 0. The molecule has 0 bridgehead atoms. The largest absolute Gasteiger partial charge is 0.325 e. The molecular formula is C6H10N4O2S. The van der Waals surface area contributed by atoms with Gasteiger partial charge in [-0.05, 0) is 6.07 Å². The monoisotopic (exact) mass is 202 g/mol. The smallest absolute Gasteiger partial charge is 0.260 e. The molecule has 0 unspecified atom stereocenters. The van der Waals surface area contributed by atoms with E-state index in [0.717, 1.165) is 0 Å². The lowest BCUT2D eigenvalue weighted by molar-refractivity contribution is 0.265. The fourth-order valence-corrected chi connectivity index (χ4v) is 2.65. The van der Waals surface area contributed by atoms with E-state index in [1.54, 1.807) is 0 Å². The molecule has 1 aliphatic heterocycles. The summed E-state index contributed by atoms with van der Waals surface area (Å²) in [6, 6.07) is 1.40. The summed E-state index contributed by atoms with van der Waals surface area (Å²) in [5, 5.41) is 6.13. The molecule has 0 aromatic carbocycles. The molecule has 2 heterocycles. The van der Waals surface area contributed by atoms with Crippen molar-refractivity contribution in [2.24, 2.45) is 5.73 Å². The van der Waals surface area contributed by atoms with Gasteiger partial charge in [0.1, 0.15) is 0 Å². The first kappa shape index (κ1) is 8.67. The van der Waals surface area contributed by atoms with Crippen LogP contribution in [0.4, 0.5) is 0 Å². The maximum Gasteiger partial charge on any atom is 0.260 e. The van der Waals surface area contributed by atoms with E-state index in [4.69, 9.17) is 5.73 Å². The van der Waals surface area contributed by atoms with Crippen molar-refractivity contribution in [1.29, 1.82) is 0 Å². The maximum atomic E-state index is 11.6. The molecule has 0 aliphatic carbocycles. The number of nitrogens with one attached hydrogen (secondary N) is 1. The molecule has 72 valence electrons. The summed E-state index contributed by atoms with van der Waals surface area (Å²) < 4.78 is 24.6. The summed E-state index contributed by atoms with van der Waals surface area (Å²) in [6.07, 6.45) is 1.41. The Morgan fingerprint density at radius 2 is 2.31 bits per heavy atom. The van der Waals surface area contributed by atoms with Crippen LogP contribution in [0.2, 0.25) is 0 Å². The normalized spacial score (nSPS) is 20.1. The average Bonchev–Trinajstić information content (AvgIpc) is 2.50. The van der Waals surface area contributed by atoms with Gasteiger partial charge in [-0.2, -0.15) is 9.40 Å². The number of hydrogen-bond donors (Lipinski definition) is 2. The van der Waals surface area contributed by atoms with E-state index in [2.05, 4.69) is 10.2 Å². The second kappa shape index (κ2) is 2.79. The van der Waals surface area contributed by atoms with Gasteiger partial charge in [-0.3, -0.25) is 5.10 Å². The number of H-pyrrole nitrogens is 1. The third-order valence-corrected chi connectivity index (χ3v) is 3.73. The molecule has 1 fully saturated rings. The van der Waals surface area contributed by atoms with E-state index in [1.165, 1.54) is 16.6 Å². The van der Waals surface area contributed by atoms with Crippen molar-refractivity contribution >= 4 is 10.0 Å². The van der Waals surface area contributed by atoms with Crippen molar-refractivity contribution < 1.29 is 8.42 Å². The van der Waals surface area contributed by atoms with Crippen molar-refractivity contribution in [3.63, 3.8) is 0 Å². The molecule has 1 aromatic rings. The summed E-state index contributed by atoms with van der Waals surface area (Å²) >= 11 is 0. The molecule has 1 aromatic heterocycles. The van der Waals surface area contributed by atoms with Gasteiger partial charge in [-0.15, -0.1) is 0 Å². The predicted octanol–water partition coefficient (Wildman–Crippen LogP) is -1.26. The maximum absolute atomic E-state index is 11.6. The fraction of sp³-hybridized carbons (Fsp3) is 0.500. The lowest BCUT2D eigenvalue weighted by Gasteiger charge is -2.34. The number of nitrogens with two attached hydrogens (primary N) is 1. The fourth-order valence-electron chi connectivity index (χ4n) is 1.19. The van der Waals surface area contributed by atoms with Crippen molar-refractivity contribution in [2.75, 3.05) is 13.1 Å². The van der Waals surface area contributed by atoms with Crippen LogP contribution >= 0.6 is 0 Å². The third kappa shape index (κ3) is 1.34. The van der Waals surface area contributed by atoms with Crippen LogP contribution < -0.4 is 5.73 Å². The van der Waals surface area contributed by atoms with Crippen LogP contribution in [-0.2, 0) is 10.0 Å². The number of nitrogens with zero attached hydrogens (tertiary/aromatic N) is 2. The zero-order valence-electron chi connectivity index (χ0n) is 6.84. The quantitative estimate of drug-likeness (QED) is 0.626. The summed E-state index contributed by atoms with van der Waals surface area (Å²) in [6.45, 7) is 0.780. The van der Waals surface area contributed by atoms with E-state index in [0.29, 0.717) is 13.1 Å². The van der Waals surface area contributed by atoms with Crippen molar-refractivity contribution in [3.05, 3.63) is 12.3 Å². The van der Waals surface area contributed by atoms with Crippen molar-refractivity contribution in [2.45, 2.75) is 11.1 Å². The first-order valence-corrected chi connectivity index (χ1v) is 5.30. The number of aromatic nitrogens is 2. The molecule has 1 saturated heterocycles. The number of rotatable bonds is 2. The van der Waals surface area contributed by atoms with Crippen LogP contribution in [-0.4, -0.2) is 42.1 Å². The van der Waals surface area contributed by atoms with Gasteiger partial charge < -0.3 is 5.73 Å². The highest BCUT2D eigenvalue weighted by Crippen LogP contribution is 2.17. The molecule has 2 rings (SSSR count). The predicted molar refractivity (Wildman–Crippen MR) is 45.3 cm³/mol. The van der Waals surface area contributed by atoms with Gasteiger partial charge in [0.2, 0.25) is 0 Å². The Hall–Kier alpha value is -0.920. The van der Waals surface area contributed by atoms with Crippen molar-refractivity contribution in [1.82, 2.24) is 14.5 Å². The Morgan fingerprint density at radius 3 is 2.77 bits per heavy atom. The summed E-state index contributed by atoms with van der Waals surface area (Å²) in [7, 11) is -3.36. The first-order chi connectivity index (χ1) is 6.10. The van der Waals surface area contributed by atoms with E-state index in [-0.39, 0.29) is 11.1 Å². The lowest BCUT2D eigenvalue weighted by atomic mass is 10.2. The van der Waals surface area contributed by atoms with Crippen LogP contribution in [0.25, 0.3) is 0 Å². The van der Waals surface area contributed by atoms with E-state index in [9.17, 15) is 8.42 Å². The molecule has 0 saturated carbocycles. The minimum atomic E-state index is -3.36. The number of sulfonamides is 1. The molecule has 0 atom stereocenters. The zero-order valence-corrected chi connectivity index (χ0v) is 7.66. The molecular weight excluding hydrogens is 192 g/mol. The second-order valence-corrected chi connectivity index (χ2v) is 4.91. The standard InChI is InChI=1S/C6H10N4O2S/c7-5-3-10(4-5)13(11,12)6-1-2-8-9-6/h1-2,5H,3-4,7H2,(H,8,9). The molecule has 0 spiro atoms. The molecule has 0 radical (unpaired) electrons. The van der Waals surface area contributed by atoms with Crippen LogP contribution in [0, 0.1) is 0 Å². The van der Waals surface area contributed by atoms with Gasteiger partial charge in [-0.1, -0.05) is 0 Å². The minimum absolute atomic E-state index is 0.0299. The highest BCUT2D eigenvalue weighted by Gasteiger charge is 2.35. The third-order valence-electron chi connectivity index (χ3n) is 1.97. The molecule has 3 N–H and O–H groups in total. The Kier molecular flexibility index (Phi) is 1.86. The van der Waals surface area contributed by atoms with E-state index in [1.807, 2.05) is 0 Å². The van der Waals surface area contributed by atoms with E-state index < -0.39 is 10.0 Å². The van der Waals surface area contributed by atoms with Gasteiger partial charge >= 0.3 is 0 Å². The SMILES string of the molecule is NC1CN(S(=O)(=O)c2ccn[nH]2)C1. The topological polar surface area (TPSA) is 92.1 Å². The molecule has 13 heavy (non-hydrogen) atoms. The summed E-state index contributed by atoms with van der Waals surface area (Å²) in [5.41, 5.74) is 5.49. The number of aromatic amines is 1. The first-order valence-electron chi connectivity index (χ1n) is 3.86. The molecule has 0 amide bonds. The van der Waals surface area contributed by atoms with Gasteiger partial charge in [0.05, 0.1) is 6.20 Å². The zero-order chi connectivity index (χ0) is 9.47. The Morgan fingerprint density at radius 1 is 1.62 bits per heavy atom. The van der Waals surface area contributed by atoms with Crippen LogP contribution in [0.3, 0.4) is 0 Å². The van der Waals surface area contributed by atoms with Crippen molar-refractivity contribution in [3.8, 4) is 0 Å². The highest BCUT2D eigenvalue weighted by atomic mass is 32.2. The lowest BCUT2D eigenvalue weighted by Crippen LogP contribution is -2.57. The second-order valence-electron chi connectivity index (χ2n) is 3.00. The van der Waals surface area contributed by atoms with E-state index >= 15 is 0 Å². The van der Waals surface area contributed by atoms with Crippen LogP contribution in [0.5, 0.6) is 0 Å². The minimum Gasteiger partial charge on any atom is -0.325 e. The average molecular weight is 202 g/mol. The Bertz CT molecular complexity index is 379. The van der Waals surface area contributed by atoms with Gasteiger partial charge in [0, 0.05) is 19.1 Å². The highest BCUT2D eigenvalue weighted by molar-refractivity contribution is 7.89. The molecule has 6 nitrogen and oxygen atoms in total. The van der Waals surface area contributed by atoms with Gasteiger partial charge in [-0.25, -0.2) is 8.42 Å². The van der Waals surface area contributed by atoms with Crippen LogP contribution in [0.1, 0.15) is 0 Å². The Balaban J connectivity index is 2.23. The van der Waals surface area contributed by atoms with Crippen LogP contribution in [0.15, 0.2) is 17.3 Å². The molecule has 7 heteroatoms. The van der Waals surface area contributed by atoms with Gasteiger partial charge in [0.15, 0.2) is 5.03 Å². The molecule has 1 aliphatic rings. The Labute approximate surface area is 75.8 Å². The number of hydrogen-bond acceptors (Lipinski definition) is 4.